The minimum atomic E-state index is -4.88. The summed E-state index contributed by atoms with van der Waals surface area (Å²) in [4.78, 5) is 115. The molecule has 0 spiro atoms. The van der Waals surface area contributed by atoms with Gasteiger partial charge in [-0.15, -0.1) is 11.8 Å². The van der Waals surface area contributed by atoms with Crippen LogP contribution in [0.2, 0.25) is 0 Å². The standard InChI is InChI=1S/C44H46N5O17PS/c1-23-21-49(44(60)45-40(23)55)38-19-31(52)34(66-38)22-64-67(61,62)63-14-15-68-35-20-37(54)48(42(35)57)13-5-3-2-4-6-36(53)46-47-41(56)24-7-10-27(43(58)59)30(16-24)39-28-11-8-25(50)17-32(28)65-33-18-26(51)9-12-29(33)39/h7-12,16-18,21,31,34-35,38,50,52H,2-6,13-15,19-20,22H2,1H3,(H,46,53)(H,47,56)(H,58,59)(H,61,62)(H,45,55,60)/p-1. The summed E-state index contributed by atoms with van der Waals surface area (Å²) in [5.74, 6) is -3.29. The van der Waals surface area contributed by atoms with Crippen LogP contribution in [0.3, 0.4) is 0 Å². The number of nitrogens with one attached hydrogen (secondary N) is 3. The van der Waals surface area contributed by atoms with Gasteiger partial charge in [-0.2, -0.15) is 0 Å². The highest BCUT2D eigenvalue weighted by atomic mass is 32.2. The number of fused-ring (bicyclic) bond motifs is 2. The summed E-state index contributed by atoms with van der Waals surface area (Å²) >= 11 is 1.05. The monoisotopic (exact) mass is 978 g/mol. The van der Waals surface area contributed by atoms with Crippen molar-refractivity contribution in [2.45, 2.75) is 75.6 Å². The Hall–Kier alpha value is -6.46. The zero-order chi connectivity index (χ0) is 48.9. The number of hydrazine groups is 1. The van der Waals surface area contributed by atoms with E-state index >= 15 is 0 Å². The lowest BCUT2D eigenvalue weighted by Crippen LogP contribution is -2.41. The first kappa shape index (κ1) is 49.4. The number of phenols is 1. The number of aryl methyl sites for hydroxylation is 1. The van der Waals surface area contributed by atoms with Gasteiger partial charge in [-0.25, -0.2) is 9.59 Å². The Kier molecular flexibility index (Phi) is 15.4. The smallest absolute Gasteiger partial charge is 0.336 e. The second-order valence-corrected chi connectivity index (χ2v) is 18.7. The number of benzene rings is 3. The van der Waals surface area contributed by atoms with Crippen LogP contribution in [0.15, 0.2) is 79.6 Å². The predicted octanol–water partition coefficient (Wildman–Crippen LogP) is 2.55. The third-order valence-electron chi connectivity index (χ3n) is 11.2. The van der Waals surface area contributed by atoms with E-state index in [-0.39, 0.29) is 88.8 Å². The number of aromatic hydroxyl groups is 1. The van der Waals surface area contributed by atoms with Gasteiger partial charge in [-0.3, -0.25) is 58.6 Å². The number of ether oxygens (including phenoxy) is 1. The Morgan fingerprint density at radius 3 is 2.53 bits per heavy atom. The summed E-state index contributed by atoms with van der Waals surface area (Å²) in [5, 5.41) is 30.2. The molecule has 2 fully saturated rings. The van der Waals surface area contributed by atoms with E-state index in [9.17, 15) is 63.1 Å². The van der Waals surface area contributed by atoms with E-state index in [4.69, 9.17) is 18.2 Å². The Balaban J connectivity index is 0.805. The number of thioether (sulfide) groups is 1. The van der Waals surface area contributed by atoms with Gasteiger partial charge >= 0.3 is 11.7 Å². The molecule has 3 aliphatic heterocycles. The quantitative estimate of drug-likeness (QED) is 0.0228. The lowest BCUT2D eigenvalue weighted by Gasteiger charge is -2.25. The fourth-order valence-electron chi connectivity index (χ4n) is 7.79. The van der Waals surface area contributed by atoms with Gasteiger partial charge < -0.3 is 38.4 Å². The van der Waals surface area contributed by atoms with Crippen molar-refractivity contribution in [1.82, 2.24) is 25.3 Å². The van der Waals surface area contributed by atoms with Crippen LogP contribution in [0, 0.1) is 6.92 Å². The Labute approximate surface area is 389 Å². The number of carboxylic acid groups (broad SMARTS) is 1. The molecule has 24 heteroatoms. The second-order valence-electron chi connectivity index (χ2n) is 16.0. The number of amides is 4. The van der Waals surface area contributed by atoms with E-state index in [1.807, 2.05) is 0 Å². The topological polar surface area (TPSA) is 326 Å². The fourth-order valence-corrected chi connectivity index (χ4v) is 9.63. The summed E-state index contributed by atoms with van der Waals surface area (Å²) in [7, 11) is -4.88. The number of hydrogen-bond donors (Lipinski definition) is 6. The van der Waals surface area contributed by atoms with Crippen molar-refractivity contribution in [2.75, 3.05) is 25.5 Å². The van der Waals surface area contributed by atoms with E-state index in [1.54, 1.807) is 0 Å². The highest BCUT2D eigenvalue weighted by Crippen LogP contribution is 2.43. The summed E-state index contributed by atoms with van der Waals surface area (Å²) in [5.41, 5.74) is 4.08. The largest absolute Gasteiger partial charge is 0.756 e. The van der Waals surface area contributed by atoms with E-state index in [1.165, 1.54) is 67.7 Å². The predicted molar refractivity (Wildman–Crippen MR) is 240 cm³/mol. The number of nitrogens with zero attached hydrogens (tertiary/aromatic N) is 2. The number of aromatic carboxylic acids is 1. The molecular weight excluding hydrogens is 934 g/mol. The number of H-pyrrole nitrogens is 1. The van der Waals surface area contributed by atoms with Crippen molar-refractivity contribution in [1.29, 1.82) is 0 Å². The normalized spacial score (nSPS) is 19.1. The van der Waals surface area contributed by atoms with Gasteiger partial charge in [0.05, 0.1) is 30.1 Å². The molecule has 1 aromatic heterocycles. The van der Waals surface area contributed by atoms with Gasteiger partial charge in [-0.1, -0.05) is 12.8 Å². The fraction of sp³-hybridized carbons (Fsp3) is 0.364. The number of aromatic amines is 1. The van der Waals surface area contributed by atoms with Crippen molar-refractivity contribution < 1.29 is 67.0 Å². The Bertz CT molecular complexity index is 2970. The molecular formula is C44H45N5O17PS-. The maximum absolute atomic E-state index is 13.2. The molecule has 22 nitrogen and oxygen atoms in total. The molecule has 360 valence electrons. The number of phenolic OH excluding ortho intramolecular Hbond substituents is 1. The van der Waals surface area contributed by atoms with Crippen LogP contribution in [0.1, 0.15) is 77.5 Å². The van der Waals surface area contributed by atoms with Gasteiger partial charge in [0.1, 0.15) is 29.4 Å². The van der Waals surface area contributed by atoms with E-state index < -0.39 is 73.1 Å². The Morgan fingerprint density at radius 2 is 1.75 bits per heavy atom. The van der Waals surface area contributed by atoms with Crippen LogP contribution < -0.4 is 32.4 Å². The second kappa shape index (κ2) is 21.2. The van der Waals surface area contributed by atoms with Crippen LogP contribution in [-0.4, -0.2) is 102 Å². The summed E-state index contributed by atoms with van der Waals surface area (Å²) < 4.78 is 34.7. The molecule has 4 aliphatic rings. The maximum Gasteiger partial charge on any atom is 0.336 e. The van der Waals surface area contributed by atoms with Crippen molar-refractivity contribution in [3.63, 3.8) is 0 Å². The van der Waals surface area contributed by atoms with Crippen LogP contribution in [0.25, 0.3) is 33.4 Å². The average Bonchev–Trinajstić information content (AvgIpc) is 3.80. The zero-order valence-electron chi connectivity index (χ0n) is 36.2. The molecule has 3 aromatic rings. The third kappa shape index (κ3) is 11.6. The number of hydrogen-bond acceptors (Lipinski definition) is 17. The number of likely N-dealkylation sites (tertiary alicyclic amines) is 1. The number of carbonyl (C=O) groups excluding carboxylic acids is 4. The number of carbonyl (C=O) groups is 5. The number of aromatic nitrogens is 2. The number of rotatable bonds is 19. The van der Waals surface area contributed by atoms with Crippen molar-refractivity contribution >= 4 is 60.2 Å². The lowest BCUT2D eigenvalue weighted by molar-refractivity contribution is -0.228. The average molecular weight is 979 g/mol. The Morgan fingerprint density at radius 1 is 0.971 bits per heavy atom. The maximum atomic E-state index is 13.2. The van der Waals surface area contributed by atoms with E-state index in [0.717, 1.165) is 21.2 Å². The summed E-state index contributed by atoms with van der Waals surface area (Å²) in [6.07, 6.45) is -0.120. The number of aliphatic hydroxyl groups excluding tert-OH is 1. The minimum absolute atomic E-state index is 0.00938. The summed E-state index contributed by atoms with van der Waals surface area (Å²) in [6.45, 7) is 0.651. The summed E-state index contributed by atoms with van der Waals surface area (Å²) in [6, 6.07) is 12.1. The molecule has 2 saturated heterocycles. The molecule has 5 atom stereocenters. The van der Waals surface area contributed by atoms with Gasteiger partial charge in [0.2, 0.25) is 17.7 Å². The highest BCUT2D eigenvalue weighted by molar-refractivity contribution is 8.00. The van der Waals surface area contributed by atoms with Gasteiger partial charge in [0.15, 0.2) is 5.43 Å². The van der Waals surface area contributed by atoms with Crippen molar-refractivity contribution in [3.8, 4) is 28.2 Å². The van der Waals surface area contributed by atoms with Gasteiger partial charge in [0.25, 0.3) is 19.3 Å². The van der Waals surface area contributed by atoms with Crippen molar-refractivity contribution in [2.24, 2.45) is 0 Å². The zero-order valence-corrected chi connectivity index (χ0v) is 37.9. The highest BCUT2D eigenvalue weighted by Gasteiger charge is 2.39. The van der Waals surface area contributed by atoms with Crippen LogP contribution in [0.4, 0.5) is 0 Å². The molecule has 7 rings (SSSR count). The lowest BCUT2D eigenvalue weighted by atomic mass is 9.89. The molecule has 0 bridgehead atoms. The number of carboxylic acids is 1. The third-order valence-corrected chi connectivity index (χ3v) is 13.4. The van der Waals surface area contributed by atoms with Gasteiger partial charge in [0, 0.05) is 77.5 Å². The molecule has 68 heavy (non-hydrogen) atoms. The van der Waals surface area contributed by atoms with Crippen LogP contribution in [-0.2, 0) is 32.7 Å². The number of phosphoric ester groups is 1. The molecule has 0 saturated carbocycles. The molecule has 1 aliphatic carbocycles. The first-order valence-corrected chi connectivity index (χ1v) is 23.8. The number of phosphoric acid groups is 1. The molecule has 5 unspecified atom stereocenters. The molecule has 4 heterocycles. The van der Waals surface area contributed by atoms with Crippen LogP contribution in [0.5, 0.6) is 5.75 Å². The molecule has 2 aromatic carbocycles. The van der Waals surface area contributed by atoms with Crippen LogP contribution >= 0.6 is 19.6 Å². The van der Waals surface area contributed by atoms with E-state index in [2.05, 4.69) is 15.8 Å². The molecule has 4 amide bonds. The first-order valence-electron chi connectivity index (χ1n) is 21.3. The molecule has 6 N–H and O–H groups in total. The molecule has 0 radical (unpaired) electrons. The first-order chi connectivity index (χ1) is 32.4. The van der Waals surface area contributed by atoms with E-state index in [0.29, 0.717) is 42.2 Å². The number of unbranched alkanes of at least 4 members (excludes halogenated alkanes) is 3. The van der Waals surface area contributed by atoms with Gasteiger partial charge in [-0.05, 0) is 67.8 Å². The van der Waals surface area contributed by atoms with Crippen molar-refractivity contribution in [3.05, 3.63) is 109 Å². The number of imide groups is 1. The minimum Gasteiger partial charge on any atom is -0.756 e. The number of aliphatic hydroxyl groups is 1. The SMILES string of the molecule is Cc1cn(C2CC(O)C(COP(=O)([O-])OCCSC3CC(=O)N(CCCCCCC(=O)NNC(=O)c4ccc(C(=O)O)c(-c5c6ccc(=O)cc-6oc6cc(O)ccc56)c4)C3=O)O2)c(=O)[nH]c1=O.